The molecule has 0 saturated heterocycles. The van der Waals surface area contributed by atoms with Crippen LogP contribution in [0, 0.1) is 0 Å². The minimum Gasteiger partial charge on any atom is -0.495 e. The van der Waals surface area contributed by atoms with E-state index in [1.807, 2.05) is 62.4 Å². The third-order valence-electron chi connectivity index (χ3n) is 5.36. The number of ether oxygens (including phenoxy) is 2. The number of fused-ring (bicyclic) bond motifs is 4. The van der Waals surface area contributed by atoms with Crippen molar-refractivity contribution < 1.29 is 18.7 Å². The molecule has 0 saturated carbocycles. The second kappa shape index (κ2) is 8.71. The molecule has 8 heteroatoms. The first-order valence-electron chi connectivity index (χ1n) is 10.6. The quantitative estimate of drug-likeness (QED) is 0.290. The number of hydrogen-bond donors (Lipinski definition) is 2. The van der Waals surface area contributed by atoms with Crippen molar-refractivity contribution in [3.63, 3.8) is 0 Å². The molecule has 5 aromatic rings. The summed E-state index contributed by atoms with van der Waals surface area (Å²) in [4.78, 5) is 20.8. The van der Waals surface area contributed by atoms with Gasteiger partial charge in [-0.05, 0) is 38.1 Å². The summed E-state index contributed by atoms with van der Waals surface area (Å²) in [6.45, 7) is 4.38. The molecule has 0 fully saturated rings. The Balaban J connectivity index is 1.36. The van der Waals surface area contributed by atoms with Gasteiger partial charge >= 0.3 is 0 Å². The van der Waals surface area contributed by atoms with Crippen molar-refractivity contribution in [3.05, 3.63) is 54.6 Å². The van der Waals surface area contributed by atoms with Gasteiger partial charge in [0, 0.05) is 22.9 Å². The van der Waals surface area contributed by atoms with E-state index in [1.54, 1.807) is 13.2 Å². The first-order chi connectivity index (χ1) is 16.1. The Morgan fingerprint density at radius 1 is 1.15 bits per heavy atom. The van der Waals surface area contributed by atoms with Crippen LogP contribution in [0.1, 0.15) is 13.8 Å². The molecule has 0 bridgehead atoms. The highest BCUT2D eigenvalue weighted by Crippen LogP contribution is 2.37. The van der Waals surface area contributed by atoms with Crippen molar-refractivity contribution >= 4 is 56.3 Å². The number of rotatable bonds is 7. The number of thioether (sulfide) groups is 1. The zero-order valence-corrected chi connectivity index (χ0v) is 19.3. The number of imidazole rings is 1. The van der Waals surface area contributed by atoms with Gasteiger partial charge < -0.3 is 24.2 Å². The van der Waals surface area contributed by atoms with Crippen molar-refractivity contribution in [1.29, 1.82) is 0 Å². The first-order valence-corrected chi connectivity index (χ1v) is 11.5. The van der Waals surface area contributed by atoms with E-state index in [-0.39, 0.29) is 5.91 Å². The Labute approximate surface area is 194 Å². The van der Waals surface area contributed by atoms with Crippen LogP contribution in [0.2, 0.25) is 0 Å². The van der Waals surface area contributed by atoms with Gasteiger partial charge in [0.25, 0.3) is 0 Å². The number of benzene rings is 3. The molecule has 0 aliphatic carbocycles. The summed E-state index contributed by atoms with van der Waals surface area (Å²) in [6, 6.07) is 17.2. The largest absolute Gasteiger partial charge is 0.495 e. The molecule has 2 heterocycles. The molecular formula is C25H23N3O4S. The lowest BCUT2D eigenvalue weighted by atomic mass is 10.1. The van der Waals surface area contributed by atoms with Gasteiger partial charge in [-0.3, -0.25) is 4.79 Å². The van der Waals surface area contributed by atoms with E-state index in [1.165, 1.54) is 11.8 Å². The number of nitrogens with one attached hydrogen (secondary N) is 2. The van der Waals surface area contributed by atoms with Crippen molar-refractivity contribution in [1.82, 2.24) is 9.97 Å². The van der Waals surface area contributed by atoms with Crippen LogP contribution in [0.25, 0.3) is 33.0 Å². The number of aromatic nitrogens is 2. The van der Waals surface area contributed by atoms with E-state index >= 15 is 0 Å². The number of amides is 1. The Morgan fingerprint density at radius 3 is 2.82 bits per heavy atom. The molecule has 0 radical (unpaired) electrons. The highest BCUT2D eigenvalue weighted by molar-refractivity contribution is 8.00. The van der Waals surface area contributed by atoms with Crippen LogP contribution in [0.15, 0.2) is 64.2 Å². The average Bonchev–Trinajstić information content (AvgIpc) is 3.38. The van der Waals surface area contributed by atoms with E-state index < -0.39 is 5.25 Å². The fourth-order valence-corrected chi connectivity index (χ4v) is 4.57. The number of nitrogens with zero attached hydrogens (tertiary/aromatic N) is 1. The normalized spacial score (nSPS) is 12.3. The maximum absolute atomic E-state index is 13.0. The van der Waals surface area contributed by atoms with Crippen LogP contribution in [-0.4, -0.2) is 34.8 Å². The van der Waals surface area contributed by atoms with Crippen LogP contribution in [0.5, 0.6) is 11.5 Å². The molecule has 1 unspecified atom stereocenters. The number of hydrogen-bond acceptors (Lipinski definition) is 6. The second-order valence-electron chi connectivity index (χ2n) is 7.55. The number of H-pyrrole nitrogens is 1. The van der Waals surface area contributed by atoms with Gasteiger partial charge in [0.05, 0.1) is 35.7 Å². The van der Waals surface area contributed by atoms with Crippen LogP contribution >= 0.6 is 11.8 Å². The van der Waals surface area contributed by atoms with Gasteiger partial charge in [-0.25, -0.2) is 4.98 Å². The van der Waals surface area contributed by atoms with Crippen LogP contribution in [0.4, 0.5) is 5.69 Å². The standard InChI is InChI=1S/C25H23N3O4S/c1-4-31-15-9-10-18-19(11-15)28-25(27-18)33-14(2)24(29)26-20-13-22-17(12-23(20)30-3)16-7-5-6-8-21(16)32-22/h5-14H,4H2,1-3H3,(H,26,29)(H,27,28). The molecule has 0 aliphatic heterocycles. The lowest BCUT2D eigenvalue weighted by molar-refractivity contribution is -0.115. The highest BCUT2D eigenvalue weighted by atomic mass is 32.2. The minimum absolute atomic E-state index is 0.163. The number of anilines is 1. The lowest BCUT2D eigenvalue weighted by Crippen LogP contribution is -2.22. The van der Waals surface area contributed by atoms with E-state index in [4.69, 9.17) is 13.9 Å². The van der Waals surface area contributed by atoms with Gasteiger partial charge in [0.1, 0.15) is 22.7 Å². The predicted molar refractivity (Wildman–Crippen MR) is 131 cm³/mol. The monoisotopic (exact) mass is 461 g/mol. The van der Waals surface area contributed by atoms with E-state index in [0.29, 0.717) is 28.8 Å². The smallest absolute Gasteiger partial charge is 0.237 e. The summed E-state index contributed by atoms with van der Waals surface area (Å²) in [7, 11) is 1.59. The fourth-order valence-electron chi connectivity index (χ4n) is 3.75. The Bertz CT molecular complexity index is 1470. The molecule has 3 aromatic carbocycles. The van der Waals surface area contributed by atoms with Crippen LogP contribution < -0.4 is 14.8 Å². The molecule has 0 spiro atoms. The zero-order chi connectivity index (χ0) is 22.9. The summed E-state index contributed by atoms with van der Waals surface area (Å²) in [6.07, 6.45) is 0. The van der Waals surface area contributed by atoms with Crippen LogP contribution in [0.3, 0.4) is 0 Å². The molecule has 1 atom stereocenters. The molecular weight excluding hydrogens is 438 g/mol. The predicted octanol–water partition coefficient (Wildman–Crippen LogP) is 5.99. The number of aromatic amines is 1. The average molecular weight is 462 g/mol. The molecule has 33 heavy (non-hydrogen) atoms. The zero-order valence-electron chi connectivity index (χ0n) is 18.5. The van der Waals surface area contributed by atoms with Gasteiger partial charge in [-0.2, -0.15) is 0 Å². The molecule has 7 nitrogen and oxygen atoms in total. The summed E-state index contributed by atoms with van der Waals surface area (Å²) >= 11 is 1.35. The summed E-state index contributed by atoms with van der Waals surface area (Å²) in [5.74, 6) is 1.19. The Kier molecular flexibility index (Phi) is 5.60. The maximum atomic E-state index is 13.0. The number of carbonyl (C=O) groups is 1. The van der Waals surface area contributed by atoms with Crippen molar-refractivity contribution in [2.75, 3.05) is 19.0 Å². The minimum atomic E-state index is -0.395. The number of para-hydroxylation sites is 1. The maximum Gasteiger partial charge on any atom is 0.237 e. The van der Waals surface area contributed by atoms with Gasteiger partial charge in [0.15, 0.2) is 5.16 Å². The molecule has 5 rings (SSSR count). The molecule has 2 aromatic heterocycles. The SMILES string of the molecule is CCOc1ccc2nc(SC(C)C(=O)Nc3cc4oc5ccccc5c4cc3OC)[nH]c2c1. The van der Waals surface area contributed by atoms with E-state index in [2.05, 4.69) is 15.3 Å². The third-order valence-corrected chi connectivity index (χ3v) is 6.34. The van der Waals surface area contributed by atoms with Crippen molar-refractivity contribution in [3.8, 4) is 11.5 Å². The first kappa shape index (κ1) is 21.2. The lowest BCUT2D eigenvalue weighted by Gasteiger charge is -2.13. The van der Waals surface area contributed by atoms with Crippen molar-refractivity contribution in [2.24, 2.45) is 0 Å². The summed E-state index contributed by atoms with van der Waals surface area (Å²) in [5.41, 5.74) is 3.74. The van der Waals surface area contributed by atoms with E-state index in [0.717, 1.165) is 33.1 Å². The van der Waals surface area contributed by atoms with Gasteiger partial charge in [0.2, 0.25) is 5.91 Å². The number of furan rings is 1. The molecule has 1 amide bonds. The second-order valence-corrected chi connectivity index (χ2v) is 8.88. The Morgan fingerprint density at radius 2 is 2.00 bits per heavy atom. The summed E-state index contributed by atoms with van der Waals surface area (Å²) < 4.78 is 17.0. The highest BCUT2D eigenvalue weighted by Gasteiger charge is 2.20. The molecule has 2 N–H and O–H groups in total. The van der Waals surface area contributed by atoms with Crippen molar-refractivity contribution in [2.45, 2.75) is 24.3 Å². The Hall–Kier alpha value is -3.65. The number of carbonyl (C=O) groups excluding carboxylic acids is 1. The number of methoxy groups -OCH3 is 1. The van der Waals surface area contributed by atoms with E-state index in [9.17, 15) is 4.79 Å². The van der Waals surface area contributed by atoms with Gasteiger partial charge in [-0.1, -0.05) is 30.0 Å². The summed E-state index contributed by atoms with van der Waals surface area (Å²) in [5, 5.41) is 5.19. The third kappa shape index (κ3) is 4.09. The van der Waals surface area contributed by atoms with Gasteiger partial charge in [-0.15, -0.1) is 0 Å². The fraction of sp³-hybridized carbons (Fsp3) is 0.200. The molecule has 0 aliphatic rings. The molecule has 168 valence electrons. The topological polar surface area (TPSA) is 89.4 Å². The van der Waals surface area contributed by atoms with Crippen LogP contribution in [-0.2, 0) is 4.79 Å².